The predicted molar refractivity (Wildman–Crippen MR) is 131 cm³/mol. The van der Waals surface area contributed by atoms with Gasteiger partial charge in [-0.25, -0.2) is 4.98 Å². The number of para-hydroxylation sites is 1. The molecule has 172 valence electrons. The molecule has 0 bridgehead atoms. The van der Waals surface area contributed by atoms with Crippen molar-refractivity contribution in [1.29, 1.82) is 0 Å². The fraction of sp³-hybridized carbons (Fsp3) is 0.385. The second-order valence-corrected chi connectivity index (χ2v) is 9.78. The molecule has 0 radical (unpaired) electrons. The number of rotatable bonds is 6. The number of anilines is 1. The first-order chi connectivity index (χ1) is 16.0. The third kappa shape index (κ3) is 4.35. The van der Waals surface area contributed by atoms with Crippen LogP contribution in [0, 0.1) is 19.8 Å². The number of nitrogens with zero attached hydrogens (tertiary/aromatic N) is 2. The maximum Gasteiger partial charge on any atom is 0.308 e. The van der Waals surface area contributed by atoms with Gasteiger partial charge in [0.05, 0.1) is 11.6 Å². The molecule has 1 aromatic heterocycles. The van der Waals surface area contributed by atoms with Crippen LogP contribution >= 0.6 is 11.3 Å². The van der Waals surface area contributed by atoms with Crippen molar-refractivity contribution < 1.29 is 14.6 Å². The van der Waals surface area contributed by atoms with Gasteiger partial charge in [-0.3, -0.25) is 4.79 Å². The maximum absolute atomic E-state index is 11.3. The first-order valence-electron chi connectivity index (χ1n) is 11.5. The standard InChI is InChI=1S/C26H29N3O3S/c1-16-4-3-5-22(23-15-33-26(28-23)29-11-9-19(13-29)25(30)31)24(16)32-14-20-7-6-18-12-27-10-8-21(18)17(20)2/h3-7,15,19,27H,8-14H2,1-2H3,(H,30,31)/t19-/m1/s1. The number of carbonyl (C=O) groups is 1. The molecule has 0 saturated carbocycles. The fourth-order valence-corrected chi connectivity index (χ4v) is 5.70. The van der Waals surface area contributed by atoms with E-state index in [1.807, 2.05) is 11.4 Å². The van der Waals surface area contributed by atoms with Gasteiger partial charge < -0.3 is 20.1 Å². The molecule has 1 saturated heterocycles. The van der Waals surface area contributed by atoms with Crippen LogP contribution in [0.5, 0.6) is 5.75 Å². The summed E-state index contributed by atoms with van der Waals surface area (Å²) >= 11 is 1.56. The van der Waals surface area contributed by atoms with Crippen molar-refractivity contribution in [2.45, 2.75) is 39.8 Å². The number of carboxylic acids is 1. The van der Waals surface area contributed by atoms with Crippen LogP contribution in [0.25, 0.3) is 11.3 Å². The predicted octanol–water partition coefficient (Wildman–Crippen LogP) is 4.56. The topological polar surface area (TPSA) is 74.7 Å². The van der Waals surface area contributed by atoms with Gasteiger partial charge >= 0.3 is 5.97 Å². The minimum Gasteiger partial charge on any atom is -0.488 e. The van der Waals surface area contributed by atoms with Gasteiger partial charge in [-0.15, -0.1) is 11.3 Å². The Morgan fingerprint density at radius 3 is 3.00 bits per heavy atom. The molecule has 0 aliphatic carbocycles. The van der Waals surface area contributed by atoms with Crippen molar-refractivity contribution >= 4 is 22.4 Å². The number of aromatic nitrogens is 1. The third-order valence-corrected chi connectivity index (χ3v) is 7.74. The van der Waals surface area contributed by atoms with Gasteiger partial charge in [-0.2, -0.15) is 0 Å². The van der Waals surface area contributed by atoms with Gasteiger partial charge in [0.25, 0.3) is 0 Å². The Morgan fingerprint density at radius 1 is 1.30 bits per heavy atom. The van der Waals surface area contributed by atoms with Crippen LogP contribution < -0.4 is 15.0 Å². The van der Waals surface area contributed by atoms with Gasteiger partial charge in [0.2, 0.25) is 0 Å². The maximum atomic E-state index is 11.3. The summed E-state index contributed by atoms with van der Waals surface area (Å²) in [4.78, 5) is 18.2. The van der Waals surface area contributed by atoms with Crippen LogP contribution in [-0.2, 0) is 24.4 Å². The van der Waals surface area contributed by atoms with E-state index in [1.165, 1.54) is 22.3 Å². The van der Waals surface area contributed by atoms with Gasteiger partial charge in [0, 0.05) is 30.6 Å². The fourth-order valence-electron chi connectivity index (χ4n) is 4.83. The number of hydrogen-bond acceptors (Lipinski definition) is 6. The van der Waals surface area contributed by atoms with Gasteiger partial charge in [0.15, 0.2) is 5.13 Å². The molecular formula is C26H29N3O3S. The number of carboxylic acid groups (broad SMARTS) is 1. The molecule has 7 heteroatoms. The minimum atomic E-state index is -0.725. The van der Waals surface area contributed by atoms with E-state index in [0.717, 1.165) is 53.8 Å². The van der Waals surface area contributed by atoms with Gasteiger partial charge in [-0.05, 0) is 67.1 Å². The molecule has 2 N–H and O–H groups in total. The summed E-state index contributed by atoms with van der Waals surface area (Å²) in [5, 5.41) is 15.7. The van der Waals surface area contributed by atoms with E-state index in [4.69, 9.17) is 9.72 Å². The highest BCUT2D eigenvalue weighted by Crippen LogP contribution is 2.37. The number of benzene rings is 2. The van der Waals surface area contributed by atoms with E-state index >= 15 is 0 Å². The number of thiazole rings is 1. The Kier molecular flexibility index (Phi) is 6.08. The zero-order valence-corrected chi connectivity index (χ0v) is 19.9. The number of aliphatic carboxylic acids is 1. The van der Waals surface area contributed by atoms with E-state index in [9.17, 15) is 9.90 Å². The second kappa shape index (κ2) is 9.15. The van der Waals surface area contributed by atoms with Crippen LogP contribution in [0.15, 0.2) is 35.7 Å². The summed E-state index contributed by atoms with van der Waals surface area (Å²) in [6, 6.07) is 10.6. The summed E-state index contributed by atoms with van der Waals surface area (Å²) < 4.78 is 6.42. The average molecular weight is 464 g/mol. The molecule has 0 amide bonds. The van der Waals surface area contributed by atoms with Crippen LogP contribution in [-0.4, -0.2) is 35.7 Å². The van der Waals surface area contributed by atoms with Gasteiger partial charge in [-0.1, -0.05) is 24.3 Å². The monoisotopic (exact) mass is 463 g/mol. The van der Waals surface area contributed by atoms with Crippen molar-refractivity contribution in [3.05, 3.63) is 63.5 Å². The van der Waals surface area contributed by atoms with Crippen molar-refractivity contribution in [2.75, 3.05) is 24.5 Å². The molecular weight excluding hydrogens is 434 g/mol. The first-order valence-corrected chi connectivity index (χ1v) is 12.4. The highest BCUT2D eigenvalue weighted by atomic mass is 32.1. The number of ether oxygens (including phenoxy) is 1. The summed E-state index contributed by atoms with van der Waals surface area (Å²) in [5.41, 5.74) is 8.33. The largest absolute Gasteiger partial charge is 0.488 e. The first kappa shape index (κ1) is 21.9. The molecule has 5 rings (SSSR count). The number of aryl methyl sites for hydroxylation is 1. The summed E-state index contributed by atoms with van der Waals surface area (Å²) in [7, 11) is 0. The minimum absolute atomic E-state index is 0.314. The van der Waals surface area contributed by atoms with Crippen LogP contribution in [0.2, 0.25) is 0 Å². The molecule has 2 aromatic carbocycles. The van der Waals surface area contributed by atoms with Crippen LogP contribution in [0.1, 0.15) is 34.2 Å². The lowest BCUT2D eigenvalue weighted by Crippen LogP contribution is -2.24. The van der Waals surface area contributed by atoms with Crippen LogP contribution in [0.4, 0.5) is 5.13 Å². The lowest BCUT2D eigenvalue weighted by Gasteiger charge is -2.22. The normalized spacial score (nSPS) is 17.8. The smallest absolute Gasteiger partial charge is 0.308 e. The quantitative estimate of drug-likeness (QED) is 0.558. The molecule has 1 fully saturated rings. The SMILES string of the molecule is Cc1cccc(-c2csc(N3CC[C@@H](C(=O)O)C3)n2)c1OCc1ccc2c(c1C)CCNC2. The number of fused-ring (bicyclic) bond motifs is 1. The van der Waals surface area contributed by atoms with E-state index in [-0.39, 0.29) is 5.92 Å². The molecule has 3 heterocycles. The molecule has 0 unspecified atom stereocenters. The summed E-state index contributed by atoms with van der Waals surface area (Å²) in [5.74, 6) is -0.179. The highest BCUT2D eigenvalue weighted by Gasteiger charge is 2.29. The second-order valence-electron chi connectivity index (χ2n) is 8.94. The third-order valence-electron chi connectivity index (χ3n) is 6.83. The van der Waals surface area contributed by atoms with Crippen molar-refractivity contribution in [3.63, 3.8) is 0 Å². The summed E-state index contributed by atoms with van der Waals surface area (Å²) in [6.07, 6.45) is 1.73. The Bertz CT molecular complexity index is 1190. The molecule has 0 spiro atoms. The molecule has 6 nitrogen and oxygen atoms in total. The number of nitrogens with one attached hydrogen (secondary N) is 1. The van der Waals surface area contributed by atoms with E-state index in [0.29, 0.717) is 19.6 Å². The Labute approximate surface area is 198 Å². The zero-order valence-electron chi connectivity index (χ0n) is 19.1. The Morgan fingerprint density at radius 2 is 2.18 bits per heavy atom. The van der Waals surface area contributed by atoms with E-state index in [2.05, 4.69) is 48.3 Å². The van der Waals surface area contributed by atoms with E-state index in [1.54, 1.807) is 11.3 Å². The lowest BCUT2D eigenvalue weighted by molar-refractivity contribution is -0.140. The van der Waals surface area contributed by atoms with Crippen molar-refractivity contribution in [1.82, 2.24) is 10.3 Å². The van der Waals surface area contributed by atoms with Gasteiger partial charge in [0.1, 0.15) is 12.4 Å². The molecule has 3 aromatic rings. The average Bonchev–Trinajstić information content (AvgIpc) is 3.49. The Balaban J connectivity index is 1.37. The zero-order chi connectivity index (χ0) is 22.9. The lowest BCUT2D eigenvalue weighted by atomic mass is 9.93. The Hall–Kier alpha value is -2.90. The molecule has 33 heavy (non-hydrogen) atoms. The van der Waals surface area contributed by atoms with Crippen molar-refractivity contribution in [2.24, 2.45) is 5.92 Å². The number of hydrogen-bond donors (Lipinski definition) is 2. The highest BCUT2D eigenvalue weighted by molar-refractivity contribution is 7.14. The molecule has 2 aliphatic heterocycles. The molecule has 2 aliphatic rings. The summed E-state index contributed by atoms with van der Waals surface area (Å²) in [6.45, 7) is 8.00. The van der Waals surface area contributed by atoms with Crippen LogP contribution in [0.3, 0.4) is 0 Å². The van der Waals surface area contributed by atoms with E-state index < -0.39 is 5.97 Å². The molecule has 1 atom stereocenters. The van der Waals surface area contributed by atoms with Crippen molar-refractivity contribution in [3.8, 4) is 17.0 Å².